The molecule has 1 heterocycles. The number of hydrogen-bond acceptors (Lipinski definition) is 3. The summed E-state index contributed by atoms with van der Waals surface area (Å²) in [6.07, 6.45) is 1.46. The van der Waals surface area contributed by atoms with E-state index in [-0.39, 0.29) is 5.91 Å². The van der Waals surface area contributed by atoms with E-state index in [4.69, 9.17) is 0 Å². The summed E-state index contributed by atoms with van der Waals surface area (Å²) in [5, 5.41) is 9.00. The number of carbonyl (C=O) groups excluding carboxylic acids is 1. The maximum Gasteiger partial charge on any atom is 0.221 e. The van der Waals surface area contributed by atoms with E-state index in [1.165, 1.54) is 16.3 Å². The largest absolute Gasteiger partial charge is 0.356 e. The summed E-state index contributed by atoms with van der Waals surface area (Å²) in [5.41, 5.74) is 1.30. The van der Waals surface area contributed by atoms with E-state index in [2.05, 4.69) is 53.1 Å². The van der Waals surface area contributed by atoms with Gasteiger partial charge < -0.3 is 10.6 Å². The van der Waals surface area contributed by atoms with Gasteiger partial charge >= 0.3 is 0 Å². The Morgan fingerprint density at radius 2 is 2.09 bits per heavy atom. The summed E-state index contributed by atoms with van der Waals surface area (Å²) < 4.78 is 0. The molecule has 1 aliphatic rings. The van der Waals surface area contributed by atoms with Gasteiger partial charge in [0.1, 0.15) is 0 Å². The molecule has 2 N–H and O–H groups in total. The number of amides is 1. The summed E-state index contributed by atoms with van der Waals surface area (Å²) in [6.45, 7) is 1.71. The van der Waals surface area contributed by atoms with Crippen LogP contribution in [0.3, 0.4) is 0 Å². The van der Waals surface area contributed by atoms with Crippen LogP contribution in [0.25, 0.3) is 10.8 Å². The first-order valence-electron chi connectivity index (χ1n) is 7.87. The third-order valence-electron chi connectivity index (χ3n) is 4.03. The molecule has 0 radical (unpaired) electrons. The highest BCUT2D eigenvalue weighted by Crippen LogP contribution is 2.18. The molecular formula is C18H22N2OS. The molecule has 1 aliphatic heterocycles. The van der Waals surface area contributed by atoms with Crippen LogP contribution in [0.4, 0.5) is 0 Å². The fraction of sp³-hybridized carbons (Fsp3) is 0.389. The lowest BCUT2D eigenvalue weighted by atomic mass is 10.0. The van der Waals surface area contributed by atoms with Gasteiger partial charge in [-0.1, -0.05) is 42.5 Å². The van der Waals surface area contributed by atoms with Crippen molar-refractivity contribution in [3.63, 3.8) is 0 Å². The van der Waals surface area contributed by atoms with Crippen molar-refractivity contribution >= 4 is 28.4 Å². The number of benzene rings is 2. The van der Waals surface area contributed by atoms with Crippen molar-refractivity contribution in [2.24, 2.45) is 0 Å². The van der Waals surface area contributed by atoms with Crippen LogP contribution >= 0.6 is 11.8 Å². The van der Waals surface area contributed by atoms with E-state index in [9.17, 15) is 4.79 Å². The van der Waals surface area contributed by atoms with E-state index in [0.29, 0.717) is 19.0 Å². The average molecular weight is 314 g/mol. The van der Waals surface area contributed by atoms with Gasteiger partial charge in [0.05, 0.1) is 0 Å². The van der Waals surface area contributed by atoms with Crippen molar-refractivity contribution in [2.45, 2.75) is 18.9 Å². The van der Waals surface area contributed by atoms with E-state index in [1.54, 1.807) is 0 Å². The van der Waals surface area contributed by atoms with Crippen LogP contribution in [0.1, 0.15) is 12.0 Å². The fourth-order valence-corrected chi connectivity index (χ4v) is 3.84. The Morgan fingerprint density at radius 3 is 2.95 bits per heavy atom. The van der Waals surface area contributed by atoms with Gasteiger partial charge in [-0.3, -0.25) is 4.79 Å². The molecule has 2 aromatic rings. The maximum atomic E-state index is 12.0. The molecule has 1 saturated heterocycles. The predicted molar refractivity (Wildman–Crippen MR) is 94.4 cm³/mol. The Morgan fingerprint density at radius 1 is 1.23 bits per heavy atom. The molecule has 0 saturated carbocycles. The molecule has 2 aromatic carbocycles. The lowest BCUT2D eigenvalue weighted by Gasteiger charge is -2.22. The monoisotopic (exact) mass is 314 g/mol. The zero-order chi connectivity index (χ0) is 15.2. The van der Waals surface area contributed by atoms with Crippen molar-refractivity contribution < 1.29 is 4.79 Å². The molecule has 3 nitrogen and oxygen atoms in total. The fourth-order valence-electron chi connectivity index (χ4n) is 2.89. The van der Waals surface area contributed by atoms with Crippen molar-refractivity contribution in [3.8, 4) is 0 Å². The second-order valence-electron chi connectivity index (χ2n) is 5.67. The highest BCUT2D eigenvalue weighted by molar-refractivity contribution is 7.99. The number of thioether (sulfide) groups is 1. The van der Waals surface area contributed by atoms with Gasteiger partial charge in [0, 0.05) is 37.1 Å². The third-order valence-corrected chi connectivity index (χ3v) is 5.16. The van der Waals surface area contributed by atoms with Crippen LogP contribution in [0.2, 0.25) is 0 Å². The molecule has 0 aromatic heterocycles. The van der Waals surface area contributed by atoms with E-state index in [1.807, 2.05) is 11.8 Å². The van der Waals surface area contributed by atoms with Gasteiger partial charge in [-0.15, -0.1) is 0 Å². The second-order valence-corrected chi connectivity index (χ2v) is 6.82. The minimum absolute atomic E-state index is 0.153. The minimum atomic E-state index is 0.153. The summed E-state index contributed by atoms with van der Waals surface area (Å²) in [4.78, 5) is 12.0. The first kappa shape index (κ1) is 15.4. The first-order valence-corrected chi connectivity index (χ1v) is 9.03. The van der Waals surface area contributed by atoms with E-state index >= 15 is 0 Å². The molecule has 1 unspecified atom stereocenters. The Bertz CT molecular complexity index is 633. The molecule has 1 atom stereocenters. The number of fused-ring (bicyclic) bond motifs is 1. The molecular weight excluding hydrogens is 292 g/mol. The molecule has 1 fully saturated rings. The highest BCUT2D eigenvalue weighted by Gasteiger charge is 2.16. The smallest absolute Gasteiger partial charge is 0.221 e. The lowest BCUT2D eigenvalue weighted by molar-refractivity contribution is -0.121. The number of nitrogens with one attached hydrogen (secondary N) is 2. The molecule has 116 valence electrons. The van der Waals surface area contributed by atoms with Crippen molar-refractivity contribution in [3.05, 3.63) is 48.0 Å². The highest BCUT2D eigenvalue weighted by atomic mass is 32.2. The van der Waals surface area contributed by atoms with E-state index in [0.717, 1.165) is 24.5 Å². The average Bonchev–Trinajstić information content (AvgIpc) is 2.56. The molecule has 0 spiro atoms. The van der Waals surface area contributed by atoms with Crippen LogP contribution in [-0.4, -0.2) is 36.5 Å². The third kappa shape index (κ3) is 4.02. The van der Waals surface area contributed by atoms with Gasteiger partial charge in [0.25, 0.3) is 0 Å². The summed E-state index contributed by atoms with van der Waals surface area (Å²) in [5.74, 6) is 2.34. The number of carbonyl (C=O) groups is 1. The predicted octanol–water partition coefficient (Wildman–Crippen LogP) is 2.59. The first-order chi connectivity index (χ1) is 10.8. The summed E-state index contributed by atoms with van der Waals surface area (Å²) in [6, 6.07) is 15.1. The quantitative estimate of drug-likeness (QED) is 0.891. The normalized spacial score (nSPS) is 18.3. The molecule has 3 rings (SSSR count). The number of hydrogen-bond donors (Lipinski definition) is 2. The SMILES string of the molecule is O=C(CC1CSCCN1)NCCc1cccc2ccccc12. The summed E-state index contributed by atoms with van der Waals surface area (Å²) >= 11 is 1.92. The van der Waals surface area contributed by atoms with Crippen LogP contribution in [0, 0.1) is 0 Å². The second kappa shape index (κ2) is 7.65. The Kier molecular flexibility index (Phi) is 5.35. The van der Waals surface area contributed by atoms with Gasteiger partial charge in [-0.05, 0) is 22.8 Å². The molecule has 0 bridgehead atoms. The molecule has 4 heteroatoms. The minimum Gasteiger partial charge on any atom is -0.356 e. The van der Waals surface area contributed by atoms with Gasteiger partial charge in [0.2, 0.25) is 5.91 Å². The van der Waals surface area contributed by atoms with Gasteiger partial charge in [-0.25, -0.2) is 0 Å². The van der Waals surface area contributed by atoms with Crippen molar-refractivity contribution in [2.75, 3.05) is 24.6 Å². The topological polar surface area (TPSA) is 41.1 Å². The lowest BCUT2D eigenvalue weighted by Crippen LogP contribution is -2.41. The van der Waals surface area contributed by atoms with Gasteiger partial charge in [-0.2, -0.15) is 11.8 Å². The van der Waals surface area contributed by atoms with Crippen LogP contribution in [-0.2, 0) is 11.2 Å². The van der Waals surface area contributed by atoms with Crippen molar-refractivity contribution in [1.82, 2.24) is 10.6 Å². The summed E-state index contributed by atoms with van der Waals surface area (Å²) in [7, 11) is 0. The van der Waals surface area contributed by atoms with E-state index < -0.39 is 0 Å². The maximum absolute atomic E-state index is 12.0. The van der Waals surface area contributed by atoms with Crippen molar-refractivity contribution in [1.29, 1.82) is 0 Å². The Labute approximate surface area is 135 Å². The zero-order valence-electron chi connectivity index (χ0n) is 12.7. The molecule has 1 amide bonds. The molecule has 0 aliphatic carbocycles. The number of rotatable bonds is 5. The van der Waals surface area contributed by atoms with Gasteiger partial charge in [0.15, 0.2) is 0 Å². The van der Waals surface area contributed by atoms with Crippen LogP contribution < -0.4 is 10.6 Å². The van der Waals surface area contributed by atoms with Crippen LogP contribution in [0.5, 0.6) is 0 Å². The Balaban J connectivity index is 1.50. The van der Waals surface area contributed by atoms with Crippen LogP contribution in [0.15, 0.2) is 42.5 Å². The zero-order valence-corrected chi connectivity index (χ0v) is 13.5. The molecule has 22 heavy (non-hydrogen) atoms. The Hall–Kier alpha value is -1.52. The standard InChI is InChI=1S/C18H22N2OS/c21-18(12-16-13-22-11-10-19-16)20-9-8-15-6-3-5-14-4-1-2-7-17(14)15/h1-7,16,19H,8-13H2,(H,20,21).